The van der Waals surface area contributed by atoms with Crippen molar-refractivity contribution < 1.29 is 9.53 Å². The molecule has 0 aliphatic heterocycles. The number of hydrogen-bond donors (Lipinski definition) is 0. The van der Waals surface area contributed by atoms with Gasteiger partial charge in [0, 0.05) is 11.5 Å². The molecule has 2 heteroatoms. The largest absolute Gasteiger partial charge is 0.493 e. The van der Waals surface area contributed by atoms with Gasteiger partial charge in [0.25, 0.3) is 0 Å². The fraction of sp³-hybridized carbons (Fsp3) is 0.500. The predicted octanol–water partition coefficient (Wildman–Crippen LogP) is 2.07. The molecule has 0 bridgehead atoms. The van der Waals surface area contributed by atoms with Gasteiger partial charge < -0.3 is 4.74 Å². The highest BCUT2D eigenvalue weighted by atomic mass is 16.5. The van der Waals surface area contributed by atoms with Crippen LogP contribution in [0.3, 0.4) is 0 Å². The monoisotopic (exact) mass is 166 g/mol. The molecule has 0 fully saturated rings. The van der Waals surface area contributed by atoms with E-state index >= 15 is 0 Å². The molecule has 0 heterocycles. The van der Waals surface area contributed by atoms with E-state index in [1.165, 1.54) is 7.11 Å². The van der Waals surface area contributed by atoms with Crippen LogP contribution in [0, 0.1) is 5.92 Å². The SMILES string of the molecule is CC/C=C1\C(=O)C(OC)=CC1C. The van der Waals surface area contributed by atoms with Gasteiger partial charge in [-0.3, -0.25) is 4.79 Å². The third kappa shape index (κ3) is 1.42. The van der Waals surface area contributed by atoms with Crippen molar-refractivity contribution in [2.45, 2.75) is 20.3 Å². The van der Waals surface area contributed by atoms with E-state index in [-0.39, 0.29) is 11.7 Å². The molecule has 0 spiro atoms. The summed E-state index contributed by atoms with van der Waals surface area (Å²) in [6, 6.07) is 0. The third-order valence-electron chi connectivity index (χ3n) is 2.02. The molecule has 0 N–H and O–H groups in total. The van der Waals surface area contributed by atoms with E-state index in [0.717, 1.165) is 12.0 Å². The Bertz CT molecular complexity index is 249. The first-order valence-corrected chi connectivity index (χ1v) is 4.21. The second kappa shape index (κ2) is 3.57. The first kappa shape index (κ1) is 9.04. The van der Waals surface area contributed by atoms with Gasteiger partial charge in [-0.25, -0.2) is 0 Å². The topological polar surface area (TPSA) is 26.3 Å². The molecule has 12 heavy (non-hydrogen) atoms. The summed E-state index contributed by atoms with van der Waals surface area (Å²) in [5.41, 5.74) is 0.870. The fourth-order valence-electron chi connectivity index (χ4n) is 1.40. The minimum absolute atomic E-state index is 0.0480. The summed E-state index contributed by atoms with van der Waals surface area (Å²) in [5, 5.41) is 0. The molecule has 1 aliphatic rings. The van der Waals surface area contributed by atoms with Crippen molar-refractivity contribution in [1.82, 2.24) is 0 Å². The van der Waals surface area contributed by atoms with Crippen molar-refractivity contribution in [3.8, 4) is 0 Å². The highest BCUT2D eigenvalue weighted by molar-refractivity contribution is 6.09. The number of allylic oxidation sites excluding steroid dienone is 3. The number of Topliss-reactive ketones (excluding diaryl/α,β-unsaturated/α-hetero) is 1. The zero-order chi connectivity index (χ0) is 9.14. The summed E-state index contributed by atoms with van der Waals surface area (Å²) in [6.45, 7) is 4.03. The highest BCUT2D eigenvalue weighted by Gasteiger charge is 2.26. The zero-order valence-corrected chi connectivity index (χ0v) is 7.76. The predicted molar refractivity (Wildman–Crippen MR) is 47.6 cm³/mol. The van der Waals surface area contributed by atoms with Gasteiger partial charge in [-0.05, 0) is 12.5 Å². The Labute approximate surface area is 72.9 Å². The number of methoxy groups -OCH3 is 1. The second-order valence-corrected chi connectivity index (χ2v) is 2.92. The molecule has 1 unspecified atom stereocenters. The molecule has 0 aromatic rings. The van der Waals surface area contributed by atoms with Crippen LogP contribution >= 0.6 is 0 Å². The fourth-order valence-corrected chi connectivity index (χ4v) is 1.40. The second-order valence-electron chi connectivity index (χ2n) is 2.92. The van der Waals surface area contributed by atoms with Gasteiger partial charge in [0.2, 0.25) is 5.78 Å². The average Bonchev–Trinajstić information content (AvgIpc) is 2.32. The first-order chi connectivity index (χ1) is 5.70. The molecule has 0 amide bonds. The van der Waals surface area contributed by atoms with Crippen LogP contribution in [-0.2, 0) is 9.53 Å². The summed E-state index contributed by atoms with van der Waals surface area (Å²) in [6.07, 6.45) is 4.73. The minimum Gasteiger partial charge on any atom is -0.493 e. The molecule has 0 aromatic carbocycles. The quantitative estimate of drug-likeness (QED) is 0.587. The van der Waals surface area contributed by atoms with E-state index in [4.69, 9.17) is 4.74 Å². The summed E-state index contributed by atoms with van der Waals surface area (Å²) in [7, 11) is 1.53. The Hall–Kier alpha value is -1.05. The Balaban J connectivity index is 2.87. The van der Waals surface area contributed by atoms with Crippen LogP contribution in [0.15, 0.2) is 23.5 Å². The number of rotatable bonds is 2. The van der Waals surface area contributed by atoms with E-state index in [1.807, 2.05) is 26.0 Å². The van der Waals surface area contributed by atoms with Crippen molar-refractivity contribution in [1.29, 1.82) is 0 Å². The lowest BCUT2D eigenvalue weighted by atomic mass is 10.0. The Kier molecular flexibility index (Phi) is 2.69. The number of ether oxygens (including phenoxy) is 1. The van der Waals surface area contributed by atoms with Gasteiger partial charge >= 0.3 is 0 Å². The summed E-state index contributed by atoms with van der Waals surface area (Å²) < 4.78 is 4.94. The summed E-state index contributed by atoms with van der Waals surface area (Å²) in [4.78, 5) is 11.5. The smallest absolute Gasteiger partial charge is 0.223 e. The standard InChI is InChI=1S/C10H14O2/c1-4-5-8-7(2)6-9(12-3)10(8)11/h5-7H,4H2,1-3H3/b8-5-. The van der Waals surface area contributed by atoms with Crippen LogP contribution in [0.5, 0.6) is 0 Å². The van der Waals surface area contributed by atoms with Gasteiger partial charge in [-0.1, -0.05) is 19.9 Å². The first-order valence-electron chi connectivity index (χ1n) is 4.21. The molecule has 2 nitrogen and oxygen atoms in total. The lowest BCUT2D eigenvalue weighted by Crippen LogP contribution is -2.03. The number of carbonyl (C=O) groups excluding carboxylic acids is 1. The molecule has 0 saturated carbocycles. The molecule has 1 aliphatic carbocycles. The molecular weight excluding hydrogens is 152 g/mol. The molecule has 66 valence electrons. The van der Waals surface area contributed by atoms with Gasteiger partial charge in [0.1, 0.15) is 0 Å². The van der Waals surface area contributed by atoms with E-state index in [2.05, 4.69) is 0 Å². The summed E-state index contributed by atoms with van der Waals surface area (Å²) in [5.74, 6) is 0.751. The van der Waals surface area contributed by atoms with Crippen molar-refractivity contribution in [2.24, 2.45) is 5.92 Å². The van der Waals surface area contributed by atoms with Crippen LogP contribution in [0.1, 0.15) is 20.3 Å². The third-order valence-corrected chi connectivity index (χ3v) is 2.02. The van der Waals surface area contributed by atoms with Crippen molar-refractivity contribution in [3.05, 3.63) is 23.5 Å². The molecule has 0 aromatic heterocycles. The minimum atomic E-state index is 0.0480. The maximum absolute atomic E-state index is 11.5. The Morgan fingerprint density at radius 1 is 1.67 bits per heavy atom. The maximum atomic E-state index is 11.5. The van der Waals surface area contributed by atoms with Crippen molar-refractivity contribution in [2.75, 3.05) is 7.11 Å². The van der Waals surface area contributed by atoms with Crippen molar-refractivity contribution in [3.63, 3.8) is 0 Å². The molecule has 0 saturated heterocycles. The van der Waals surface area contributed by atoms with Crippen LogP contribution in [0.25, 0.3) is 0 Å². The zero-order valence-electron chi connectivity index (χ0n) is 7.76. The molecule has 1 atom stereocenters. The summed E-state index contributed by atoms with van der Waals surface area (Å²) >= 11 is 0. The number of hydrogen-bond acceptors (Lipinski definition) is 2. The number of ketones is 1. The lowest BCUT2D eigenvalue weighted by molar-refractivity contribution is -0.114. The molecular formula is C10H14O2. The van der Waals surface area contributed by atoms with E-state index in [0.29, 0.717) is 5.76 Å². The van der Waals surface area contributed by atoms with Gasteiger partial charge in [-0.15, -0.1) is 0 Å². The molecule has 1 rings (SSSR count). The van der Waals surface area contributed by atoms with Gasteiger partial charge in [0.05, 0.1) is 7.11 Å². The highest BCUT2D eigenvalue weighted by Crippen LogP contribution is 2.26. The van der Waals surface area contributed by atoms with Gasteiger partial charge in [0.15, 0.2) is 5.76 Å². The normalized spacial score (nSPS) is 26.2. The van der Waals surface area contributed by atoms with Gasteiger partial charge in [-0.2, -0.15) is 0 Å². The van der Waals surface area contributed by atoms with Crippen molar-refractivity contribution >= 4 is 5.78 Å². The van der Waals surface area contributed by atoms with E-state index < -0.39 is 0 Å². The van der Waals surface area contributed by atoms with Crippen LogP contribution in [0.2, 0.25) is 0 Å². The van der Waals surface area contributed by atoms with Crippen LogP contribution in [0.4, 0.5) is 0 Å². The Morgan fingerprint density at radius 3 is 2.75 bits per heavy atom. The van der Waals surface area contributed by atoms with Crippen LogP contribution in [-0.4, -0.2) is 12.9 Å². The average molecular weight is 166 g/mol. The van der Waals surface area contributed by atoms with Crippen LogP contribution < -0.4 is 0 Å². The van der Waals surface area contributed by atoms with E-state index in [1.54, 1.807) is 0 Å². The lowest BCUT2D eigenvalue weighted by Gasteiger charge is -2.00. The molecule has 0 radical (unpaired) electrons. The maximum Gasteiger partial charge on any atom is 0.223 e. The van der Waals surface area contributed by atoms with E-state index in [9.17, 15) is 4.79 Å². The Morgan fingerprint density at radius 2 is 2.33 bits per heavy atom. The number of carbonyl (C=O) groups is 1.